The molecule has 2 aliphatic rings. The number of anilines is 2. The van der Waals surface area contributed by atoms with Gasteiger partial charge in [0.15, 0.2) is 0 Å². The first-order chi connectivity index (χ1) is 13.1. The van der Waals surface area contributed by atoms with Crippen LogP contribution in [0, 0.1) is 0 Å². The fourth-order valence-corrected chi connectivity index (χ4v) is 3.60. The minimum absolute atomic E-state index is 0.0892. The maximum Gasteiger partial charge on any atom is 0.322 e. The summed E-state index contributed by atoms with van der Waals surface area (Å²) < 4.78 is 0. The second kappa shape index (κ2) is 6.75. The Labute approximate surface area is 156 Å². The van der Waals surface area contributed by atoms with Crippen molar-refractivity contribution >= 4 is 29.2 Å². The minimum atomic E-state index is -0.879. The zero-order chi connectivity index (χ0) is 18.9. The van der Waals surface area contributed by atoms with Gasteiger partial charge in [0, 0.05) is 18.8 Å². The fraction of sp³-hybridized carbons (Fsp3) is 0.250. The van der Waals surface area contributed by atoms with Crippen molar-refractivity contribution in [1.82, 2.24) is 15.5 Å². The lowest BCUT2D eigenvalue weighted by Crippen LogP contribution is -2.55. The first kappa shape index (κ1) is 17.1. The molecule has 7 heteroatoms. The van der Waals surface area contributed by atoms with Crippen LogP contribution >= 0.6 is 0 Å². The number of imide groups is 1. The summed E-state index contributed by atoms with van der Waals surface area (Å²) in [5.41, 5.74) is 1.34. The SMILES string of the molecule is O=C1NC(=O)C2(CCN(C(=O)c3ccccc3Nc3ccccc3)CC2)N1. The molecule has 0 atom stereocenters. The maximum absolute atomic E-state index is 13.1. The number of piperidine rings is 1. The van der Waals surface area contributed by atoms with Crippen molar-refractivity contribution in [3.8, 4) is 0 Å². The van der Waals surface area contributed by atoms with E-state index in [1.54, 1.807) is 11.0 Å². The summed E-state index contributed by atoms with van der Waals surface area (Å²) in [7, 11) is 0. The highest BCUT2D eigenvalue weighted by atomic mass is 16.2. The molecule has 0 aliphatic carbocycles. The summed E-state index contributed by atoms with van der Waals surface area (Å²) in [6, 6.07) is 16.6. The molecule has 0 radical (unpaired) electrons. The number of para-hydroxylation sites is 2. The second-order valence-corrected chi connectivity index (χ2v) is 6.82. The average molecular weight is 364 g/mol. The van der Waals surface area contributed by atoms with E-state index in [9.17, 15) is 14.4 Å². The van der Waals surface area contributed by atoms with Crippen LogP contribution in [0.25, 0.3) is 0 Å². The number of nitrogens with one attached hydrogen (secondary N) is 3. The second-order valence-electron chi connectivity index (χ2n) is 6.82. The number of amides is 4. The Morgan fingerprint density at radius 2 is 1.63 bits per heavy atom. The van der Waals surface area contributed by atoms with Crippen LogP contribution in [-0.2, 0) is 4.79 Å². The summed E-state index contributed by atoms with van der Waals surface area (Å²) >= 11 is 0. The van der Waals surface area contributed by atoms with Gasteiger partial charge in [-0.15, -0.1) is 0 Å². The van der Waals surface area contributed by atoms with Crippen LogP contribution in [0.2, 0.25) is 0 Å². The Balaban J connectivity index is 1.49. The summed E-state index contributed by atoms with van der Waals surface area (Å²) in [5, 5.41) is 8.28. The zero-order valence-electron chi connectivity index (χ0n) is 14.7. The van der Waals surface area contributed by atoms with Crippen LogP contribution in [-0.4, -0.2) is 41.4 Å². The Bertz CT molecular complexity index is 889. The Kier molecular flexibility index (Phi) is 4.27. The van der Waals surface area contributed by atoms with Gasteiger partial charge < -0.3 is 15.5 Å². The zero-order valence-corrected chi connectivity index (χ0v) is 14.7. The van der Waals surface area contributed by atoms with E-state index in [1.807, 2.05) is 48.5 Å². The summed E-state index contributed by atoms with van der Waals surface area (Å²) in [5.74, 6) is -0.389. The number of benzene rings is 2. The van der Waals surface area contributed by atoms with E-state index in [-0.39, 0.29) is 11.8 Å². The first-order valence-corrected chi connectivity index (χ1v) is 8.91. The van der Waals surface area contributed by atoms with Gasteiger partial charge in [-0.1, -0.05) is 30.3 Å². The summed E-state index contributed by atoms with van der Waals surface area (Å²) in [6.45, 7) is 0.818. The molecule has 2 aromatic rings. The molecular weight excluding hydrogens is 344 g/mol. The number of carbonyl (C=O) groups excluding carboxylic acids is 3. The minimum Gasteiger partial charge on any atom is -0.355 e. The Morgan fingerprint density at radius 3 is 2.30 bits per heavy atom. The predicted octanol–water partition coefficient (Wildman–Crippen LogP) is 2.24. The van der Waals surface area contributed by atoms with E-state index in [4.69, 9.17) is 0 Å². The Hall–Kier alpha value is -3.35. The molecule has 0 unspecified atom stereocenters. The van der Waals surface area contributed by atoms with Gasteiger partial charge in [0.25, 0.3) is 11.8 Å². The molecule has 2 aromatic carbocycles. The quantitative estimate of drug-likeness (QED) is 0.729. The standard InChI is InChI=1S/C20H20N4O3/c25-17(24-12-10-20(11-13-24)18(26)22-19(27)23-20)15-8-4-5-9-16(15)21-14-6-2-1-3-7-14/h1-9,21H,10-13H2,(H2,22,23,26,27). The Morgan fingerprint density at radius 1 is 0.963 bits per heavy atom. The molecule has 2 aliphatic heterocycles. The van der Waals surface area contributed by atoms with Gasteiger partial charge in [0.05, 0.1) is 11.3 Å². The van der Waals surface area contributed by atoms with Crippen LogP contribution in [0.3, 0.4) is 0 Å². The van der Waals surface area contributed by atoms with Gasteiger partial charge >= 0.3 is 6.03 Å². The number of carbonyl (C=O) groups is 3. The number of likely N-dealkylation sites (tertiary alicyclic amines) is 1. The topological polar surface area (TPSA) is 90.5 Å². The lowest BCUT2D eigenvalue weighted by Gasteiger charge is -2.37. The van der Waals surface area contributed by atoms with Crippen molar-refractivity contribution in [2.45, 2.75) is 18.4 Å². The van der Waals surface area contributed by atoms with Crippen molar-refractivity contribution in [1.29, 1.82) is 0 Å². The van der Waals surface area contributed by atoms with Gasteiger partial charge in [-0.3, -0.25) is 14.9 Å². The first-order valence-electron chi connectivity index (χ1n) is 8.91. The molecule has 138 valence electrons. The molecule has 27 heavy (non-hydrogen) atoms. The van der Waals surface area contributed by atoms with Crippen molar-refractivity contribution in [2.24, 2.45) is 0 Å². The van der Waals surface area contributed by atoms with Crippen LogP contribution in [0.1, 0.15) is 23.2 Å². The molecule has 2 fully saturated rings. The monoisotopic (exact) mass is 364 g/mol. The van der Waals surface area contributed by atoms with E-state index in [0.717, 1.165) is 11.4 Å². The van der Waals surface area contributed by atoms with E-state index in [2.05, 4.69) is 16.0 Å². The van der Waals surface area contributed by atoms with Crippen LogP contribution in [0.5, 0.6) is 0 Å². The van der Waals surface area contributed by atoms with E-state index < -0.39 is 11.6 Å². The van der Waals surface area contributed by atoms with Crippen LogP contribution < -0.4 is 16.0 Å². The number of hydrogen-bond acceptors (Lipinski definition) is 4. The van der Waals surface area contributed by atoms with E-state index >= 15 is 0 Å². The predicted molar refractivity (Wildman–Crippen MR) is 101 cm³/mol. The molecule has 2 heterocycles. The molecular formula is C20H20N4O3. The third-order valence-corrected chi connectivity index (χ3v) is 5.13. The fourth-order valence-electron chi connectivity index (χ4n) is 3.60. The summed E-state index contributed by atoms with van der Waals surface area (Å²) in [4.78, 5) is 38.3. The normalized spacial score (nSPS) is 18.1. The smallest absolute Gasteiger partial charge is 0.322 e. The molecule has 0 saturated carbocycles. The largest absolute Gasteiger partial charge is 0.355 e. The lowest BCUT2D eigenvalue weighted by atomic mass is 9.87. The van der Waals surface area contributed by atoms with Crippen molar-refractivity contribution < 1.29 is 14.4 Å². The molecule has 0 aromatic heterocycles. The molecule has 7 nitrogen and oxygen atoms in total. The maximum atomic E-state index is 13.1. The van der Waals surface area contributed by atoms with Gasteiger partial charge in [-0.25, -0.2) is 4.79 Å². The van der Waals surface area contributed by atoms with Gasteiger partial charge in [0.1, 0.15) is 5.54 Å². The lowest BCUT2D eigenvalue weighted by molar-refractivity contribution is -0.125. The summed E-state index contributed by atoms with van der Waals surface area (Å²) in [6.07, 6.45) is 0.815. The van der Waals surface area contributed by atoms with E-state index in [0.29, 0.717) is 31.5 Å². The molecule has 0 bridgehead atoms. The average Bonchev–Trinajstić information content (AvgIpc) is 2.96. The highest BCUT2D eigenvalue weighted by molar-refractivity contribution is 6.07. The van der Waals surface area contributed by atoms with E-state index in [1.165, 1.54) is 0 Å². The van der Waals surface area contributed by atoms with Crippen LogP contribution in [0.4, 0.5) is 16.2 Å². The number of hydrogen-bond donors (Lipinski definition) is 3. The van der Waals surface area contributed by atoms with Crippen LogP contribution in [0.15, 0.2) is 54.6 Å². The molecule has 4 rings (SSSR count). The van der Waals surface area contributed by atoms with Crippen molar-refractivity contribution in [3.63, 3.8) is 0 Å². The third kappa shape index (κ3) is 3.23. The van der Waals surface area contributed by atoms with Gasteiger partial charge in [-0.2, -0.15) is 0 Å². The highest BCUT2D eigenvalue weighted by Gasteiger charge is 2.48. The highest BCUT2D eigenvalue weighted by Crippen LogP contribution is 2.28. The van der Waals surface area contributed by atoms with Gasteiger partial charge in [-0.05, 0) is 37.1 Å². The molecule has 4 amide bonds. The van der Waals surface area contributed by atoms with Crippen molar-refractivity contribution in [2.75, 3.05) is 18.4 Å². The van der Waals surface area contributed by atoms with Crippen molar-refractivity contribution in [3.05, 3.63) is 60.2 Å². The van der Waals surface area contributed by atoms with Gasteiger partial charge in [0.2, 0.25) is 0 Å². The molecule has 1 spiro atoms. The molecule has 2 saturated heterocycles. The number of nitrogens with zero attached hydrogens (tertiary/aromatic N) is 1. The number of urea groups is 1. The molecule has 3 N–H and O–H groups in total. The third-order valence-electron chi connectivity index (χ3n) is 5.13. The number of rotatable bonds is 3.